The van der Waals surface area contributed by atoms with Crippen LogP contribution in [0.3, 0.4) is 0 Å². The first-order valence-corrected chi connectivity index (χ1v) is 5.73. The monoisotopic (exact) mass is 236 g/mol. The predicted octanol–water partition coefficient (Wildman–Crippen LogP) is 2.64. The first-order valence-electron chi connectivity index (χ1n) is 5.73. The van der Waals surface area contributed by atoms with Crippen molar-refractivity contribution < 1.29 is 0 Å². The van der Waals surface area contributed by atoms with E-state index in [1.165, 1.54) is 5.56 Å². The van der Waals surface area contributed by atoms with Gasteiger partial charge in [0, 0.05) is 18.0 Å². The van der Waals surface area contributed by atoms with Crippen LogP contribution >= 0.6 is 0 Å². The summed E-state index contributed by atoms with van der Waals surface area (Å²) < 4.78 is 1.73. The molecule has 18 heavy (non-hydrogen) atoms. The second kappa shape index (κ2) is 4.41. The Labute approximate surface area is 105 Å². The summed E-state index contributed by atoms with van der Waals surface area (Å²) in [6.07, 6.45) is 5.44. The van der Waals surface area contributed by atoms with E-state index in [1.54, 1.807) is 10.9 Å². The molecule has 4 heteroatoms. The molecule has 0 atom stereocenters. The molecule has 0 amide bonds. The van der Waals surface area contributed by atoms with Gasteiger partial charge >= 0.3 is 0 Å². The molecule has 0 spiro atoms. The van der Waals surface area contributed by atoms with Crippen LogP contribution in [0, 0.1) is 6.92 Å². The highest BCUT2D eigenvalue weighted by Crippen LogP contribution is 2.20. The number of nitrogens with zero attached hydrogens (tertiary/aromatic N) is 4. The van der Waals surface area contributed by atoms with Gasteiger partial charge in [0.15, 0.2) is 5.82 Å². The van der Waals surface area contributed by atoms with Crippen molar-refractivity contribution in [1.82, 2.24) is 20.0 Å². The number of hydrogen-bond acceptors (Lipinski definition) is 3. The Kier molecular flexibility index (Phi) is 2.61. The Morgan fingerprint density at radius 2 is 2.00 bits per heavy atom. The maximum atomic E-state index is 4.31. The number of rotatable bonds is 2. The molecule has 2 aromatic heterocycles. The molecular formula is C14H12N4. The minimum absolute atomic E-state index is 0.719. The first-order chi connectivity index (χ1) is 8.83. The summed E-state index contributed by atoms with van der Waals surface area (Å²) in [6, 6.07) is 12.1. The molecule has 3 rings (SSSR count). The zero-order valence-electron chi connectivity index (χ0n) is 9.99. The summed E-state index contributed by atoms with van der Waals surface area (Å²) in [6.45, 7) is 2.08. The Bertz CT molecular complexity index is 658. The Morgan fingerprint density at radius 3 is 2.78 bits per heavy atom. The van der Waals surface area contributed by atoms with Crippen LogP contribution in [0.2, 0.25) is 0 Å². The summed E-state index contributed by atoms with van der Waals surface area (Å²) in [5.41, 5.74) is 3.47. The van der Waals surface area contributed by atoms with Crippen molar-refractivity contribution in [3.63, 3.8) is 0 Å². The lowest BCUT2D eigenvalue weighted by atomic mass is 10.1. The second-order valence-corrected chi connectivity index (χ2v) is 4.12. The maximum Gasteiger partial charge on any atom is 0.175 e. The average molecular weight is 236 g/mol. The molecule has 0 bridgehead atoms. The van der Waals surface area contributed by atoms with Crippen LogP contribution in [-0.4, -0.2) is 20.0 Å². The molecule has 0 radical (unpaired) electrons. The summed E-state index contributed by atoms with van der Waals surface area (Å²) in [5, 5.41) is 12.2. The Hall–Kier alpha value is -2.49. The molecule has 0 aliphatic rings. The molecule has 0 unspecified atom stereocenters. The van der Waals surface area contributed by atoms with Crippen LogP contribution in [0.1, 0.15) is 5.56 Å². The van der Waals surface area contributed by atoms with Crippen molar-refractivity contribution in [2.75, 3.05) is 0 Å². The molecular weight excluding hydrogens is 224 g/mol. The van der Waals surface area contributed by atoms with Crippen LogP contribution in [0.25, 0.3) is 16.9 Å². The van der Waals surface area contributed by atoms with Crippen molar-refractivity contribution in [2.45, 2.75) is 6.92 Å². The van der Waals surface area contributed by atoms with E-state index in [-0.39, 0.29) is 0 Å². The van der Waals surface area contributed by atoms with E-state index in [9.17, 15) is 0 Å². The molecule has 0 fully saturated rings. The summed E-state index contributed by atoms with van der Waals surface area (Å²) in [4.78, 5) is 0. The fourth-order valence-electron chi connectivity index (χ4n) is 1.84. The molecule has 3 aromatic rings. The van der Waals surface area contributed by atoms with Gasteiger partial charge < -0.3 is 0 Å². The van der Waals surface area contributed by atoms with E-state index in [4.69, 9.17) is 0 Å². The van der Waals surface area contributed by atoms with Crippen LogP contribution in [0.5, 0.6) is 0 Å². The lowest BCUT2D eigenvalue weighted by Gasteiger charge is -1.99. The van der Waals surface area contributed by atoms with E-state index < -0.39 is 0 Å². The SMILES string of the molecule is Cc1cccc(-c2cnn(-c3cccnn3)c2)c1. The molecule has 0 N–H and O–H groups in total. The third-order valence-electron chi connectivity index (χ3n) is 2.73. The minimum Gasteiger partial charge on any atom is -0.220 e. The van der Waals surface area contributed by atoms with Gasteiger partial charge in [-0.25, -0.2) is 4.68 Å². The zero-order valence-corrected chi connectivity index (χ0v) is 9.99. The highest BCUT2D eigenvalue weighted by atomic mass is 15.3. The molecule has 88 valence electrons. The largest absolute Gasteiger partial charge is 0.220 e. The van der Waals surface area contributed by atoms with Gasteiger partial charge in [0.05, 0.1) is 6.20 Å². The van der Waals surface area contributed by atoms with Crippen LogP contribution in [0.4, 0.5) is 0 Å². The van der Waals surface area contributed by atoms with E-state index in [0.717, 1.165) is 16.9 Å². The van der Waals surface area contributed by atoms with Crippen molar-refractivity contribution in [1.29, 1.82) is 0 Å². The van der Waals surface area contributed by atoms with Gasteiger partial charge in [-0.1, -0.05) is 29.8 Å². The van der Waals surface area contributed by atoms with E-state index in [0.29, 0.717) is 0 Å². The summed E-state index contributed by atoms with van der Waals surface area (Å²) in [7, 11) is 0. The van der Waals surface area contributed by atoms with Crippen LogP contribution in [0.15, 0.2) is 55.0 Å². The quantitative estimate of drug-likeness (QED) is 0.687. The van der Waals surface area contributed by atoms with Gasteiger partial charge in [0.2, 0.25) is 0 Å². The highest BCUT2D eigenvalue weighted by molar-refractivity contribution is 5.62. The van der Waals surface area contributed by atoms with Gasteiger partial charge in [-0.15, -0.1) is 5.10 Å². The molecule has 1 aromatic carbocycles. The number of hydrogen-bond donors (Lipinski definition) is 0. The summed E-state index contributed by atoms with van der Waals surface area (Å²) in [5.74, 6) is 0.719. The molecule has 0 aliphatic carbocycles. The van der Waals surface area contributed by atoms with Crippen LogP contribution in [-0.2, 0) is 0 Å². The first kappa shape index (κ1) is 10.7. The van der Waals surface area contributed by atoms with Gasteiger partial charge in [0.1, 0.15) is 0 Å². The number of aromatic nitrogens is 4. The van der Waals surface area contributed by atoms with Gasteiger partial charge in [-0.2, -0.15) is 10.2 Å². The number of benzene rings is 1. The second-order valence-electron chi connectivity index (χ2n) is 4.12. The Balaban J connectivity index is 2.00. The third kappa shape index (κ3) is 2.00. The highest BCUT2D eigenvalue weighted by Gasteiger charge is 2.04. The third-order valence-corrected chi connectivity index (χ3v) is 2.73. The van der Waals surface area contributed by atoms with E-state index >= 15 is 0 Å². The number of aryl methyl sites for hydroxylation is 1. The van der Waals surface area contributed by atoms with E-state index in [2.05, 4.69) is 40.4 Å². The van der Waals surface area contributed by atoms with Gasteiger partial charge in [-0.3, -0.25) is 0 Å². The smallest absolute Gasteiger partial charge is 0.175 e. The molecule has 0 saturated carbocycles. The Morgan fingerprint density at radius 1 is 1.06 bits per heavy atom. The van der Waals surface area contributed by atoms with Crippen molar-refractivity contribution in [3.05, 3.63) is 60.6 Å². The maximum absolute atomic E-state index is 4.31. The molecule has 0 aliphatic heterocycles. The molecule has 0 saturated heterocycles. The fraction of sp³-hybridized carbons (Fsp3) is 0.0714. The zero-order chi connectivity index (χ0) is 12.4. The van der Waals surface area contributed by atoms with Gasteiger partial charge in [0.25, 0.3) is 0 Å². The lowest BCUT2D eigenvalue weighted by Crippen LogP contribution is -1.97. The summed E-state index contributed by atoms with van der Waals surface area (Å²) >= 11 is 0. The standard InChI is InChI=1S/C14H12N4/c1-11-4-2-5-12(8-11)13-9-16-18(10-13)14-6-3-7-15-17-14/h2-10H,1H3. The molecule has 4 nitrogen and oxygen atoms in total. The van der Waals surface area contributed by atoms with E-state index in [1.807, 2.05) is 30.6 Å². The molecule has 2 heterocycles. The van der Waals surface area contributed by atoms with Crippen LogP contribution < -0.4 is 0 Å². The van der Waals surface area contributed by atoms with Crippen molar-refractivity contribution in [3.8, 4) is 16.9 Å². The topological polar surface area (TPSA) is 43.6 Å². The normalized spacial score (nSPS) is 10.5. The average Bonchev–Trinajstić information content (AvgIpc) is 2.89. The van der Waals surface area contributed by atoms with Crippen molar-refractivity contribution >= 4 is 0 Å². The minimum atomic E-state index is 0.719. The fourth-order valence-corrected chi connectivity index (χ4v) is 1.84. The van der Waals surface area contributed by atoms with Gasteiger partial charge in [-0.05, 0) is 24.6 Å². The van der Waals surface area contributed by atoms with Crippen molar-refractivity contribution in [2.24, 2.45) is 0 Å². The predicted molar refractivity (Wildman–Crippen MR) is 69.3 cm³/mol. The lowest BCUT2D eigenvalue weighted by molar-refractivity contribution is 0.814.